The van der Waals surface area contributed by atoms with Gasteiger partial charge in [0, 0.05) is 12.0 Å². The average molecular weight is 397 g/mol. The Kier molecular flexibility index (Phi) is 4.20. The summed E-state index contributed by atoms with van der Waals surface area (Å²) in [5.74, 6) is -8.36. The lowest BCUT2D eigenvalue weighted by Gasteiger charge is -2.29. The second kappa shape index (κ2) is 6.35. The summed E-state index contributed by atoms with van der Waals surface area (Å²) in [5, 5.41) is 2.65. The fourth-order valence-electron chi connectivity index (χ4n) is 3.85. The zero-order valence-electron chi connectivity index (χ0n) is 14.7. The Morgan fingerprint density at radius 2 is 2.11 bits per heavy atom. The van der Waals surface area contributed by atoms with Crippen LogP contribution in [0.5, 0.6) is 0 Å². The zero-order chi connectivity index (χ0) is 20.2. The standard InChI is InChI=1S/C19H15F4NO4/c1-27-17(25)15-11(6-20)24-12-7-28-18(26)16(12)14(15)8-3-2-4-10(21)13(8)9-5-19(9,22)23/h2-4,9,14,24H,5-7H2,1H3/t9?,14-/m0/s1. The molecule has 0 aromatic heterocycles. The van der Waals surface area contributed by atoms with E-state index in [0.29, 0.717) is 0 Å². The number of hydrogen-bond acceptors (Lipinski definition) is 5. The normalized spacial score (nSPS) is 25.2. The molecule has 1 aliphatic carbocycles. The van der Waals surface area contributed by atoms with Crippen molar-refractivity contribution < 1.29 is 36.6 Å². The van der Waals surface area contributed by atoms with Gasteiger partial charge in [0.15, 0.2) is 0 Å². The van der Waals surface area contributed by atoms with Gasteiger partial charge in [-0.15, -0.1) is 0 Å². The summed E-state index contributed by atoms with van der Waals surface area (Å²) in [6, 6.07) is 3.69. The van der Waals surface area contributed by atoms with Gasteiger partial charge in [0.25, 0.3) is 5.92 Å². The van der Waals surface area contributed by atoms with Crippen LogP contribution in [0.2, 0.25) is 0 Å². The molecular formula is C19H15F4NO4. The average Bonchev–Trinajstić information content (AvgIpc) is 3.13. The fraction of sp³-hybridized carbons (Fsp3) is 0.368. The van der Waals surface area contributed by atoms with Gasteiger partial charge in [-0.3, -0.25) is 0 Å². The minimum atomic E-state index is -3.09. The molecule has 1 saturated carbocycles. The first-order valence-corrected chi connectivity index (χ1v) is 8.50. The molecule has 1 aromatic rings. The van der Waals surface area contributed by atoms with Crippen LogP contribution in [-0.4, -0.2) is 38.3 Å². The van der Waals surface area contributed by atoms with Gasteiger partial charge in [-0.2, -0.15) is 0 Å². The lowest BCUT2D eigenvalue weighted by molar-refractivity contribution is -0.136. The first kappa shape index (κ1) is 18.5. The molecule has 3 aliphatic rings. The Morgan fingerprint density at radius 1 is 1.39 bits per heavy atom. The molecule has 4 rings (SSSR count). The molecule has 0 spiro atoms. The Bertz CT molecular complexity index is 953. The molecule has 1 unspecified atom stereocenters. The largest absolute Gasteiger partial charge is 0.466 e. The third-order valence-corrected chi connectivity index (χ3v) is 5.21. The predicted molar refractivity (Wildman–Crippen MR) is 87.6 cm³/mol. The van der Waals surface area contributed by atoms with Crippen LogP contribution in [0.25, 0.3) is 0 Å². The molecule has 0 saturated heterocycles. The van der Waals surface area contributed by atoms with Gasteiger partial charge >= 0.3 is 11.9 Å². The summed E-state index contributed by atoms with van der Waals surface area (Å²) in [6.07, 6.45) is -0.546. The van der Waals surface area contributed by atoms with Crippen LogP contribution in [0, 0.1) is 5.82 Å². The van der Waals surface area contributed by atoms with Gasteiger partial charge in [-0.1, -0.05) is 12.1 Å². The zero-order valence-corrected chi connectivity index (χ0v) is 14.7. The highest BCUT2D eigenvalue weighted by atomic mass is 19.3. The van der Waals surface area contributed by atoms with Crippen molar-refractivity contribution in [2.75, 3.05) is 20.4 Å². The first-order valence-electron chi connectivity index (χ1n) is 8.50. The Labute approximate surface area is 157 Å². The molecule has 0 amide bonds. The lowest BCUT2D eigenvalue weighted by Crippen LogP contribution is -2.32. The summed E-state index contributed by atoms with van der Waals surface area (Å²) in [4.78, 5) is 24.7. The molecule has 9 heteroatoms. The first-order chi connectivity index (χ1) is 13.3. The number of halogens is 4. The number of dihydropyridines is 1. The van der Waals surface area contributed by atoms with Gasteiger partial charge in [0.2, 0.25) is 0 Å². The number of nitrogens with one attached hydrogen (secondary N) is 1. The van der Waals surface area contributed by atoms with Crippen LogP contribution in [0.1, 0.15) is 29.4 Å². The molecule has 2 aliphatic heterocycles. The third-order valence-electron chi connectivity index (χ3n) is 5.21. The van der Waals surface area contributed by atoms with Crippen molar-refractivity contribution in [1.82, 2.24) is 5.32 Å². The SMILES string of the molecule is COC(=O)C1=C(CF)NC2=C(C(=O)OC2)[C@H]1c1cccc(F)c1C1CC1(F)F. The minimum Gasteiger partial charge on any atom is -0.466 e. The van der Waals surface area contributed by atoms with Gasteiger partial charge in [-0.25, -0.2) is 27.2 Å². The Balaban J connectivity index is 1.96. The molecule has 5 nitrogen and oxygen atoms in total. The van der Waals surface area contributed by atoms with Crippen molar-refractivity contribution in [1.29, 1.82) is 0 Å². The van der Waals surface area contributed by atoms with E-state index in [2.05, 4.69) is 5.32 Å². The second-order valence-corrected chi connectivity index (χ2v) is 6.80. The van der Waals surface area contributed by atoms with Crippen molar-refractivity contribution in [2.24, 2.45) is 0 Å². The smallest absolute Gasteiger partial charge is 0.337 e. The molecule has 148 valence electrons. The van der Waals surface area contributed by atoms with Crippen LogP contribution < -0.4 is 5.32 Å². The Hall–Kier alpha value is -2.84. The summed E-state index contributed by atoms with van der Waals surface area (Å²) in [7, 11) is 1.07. The van der Waals surface area contributed by atoms with E-state index < -0.39 is 48.6 Å². The number of ether oxygens (including phenoxy) is 2. The molecule has 1 N–H and O–H groups in total. The van der Waals surface area contributed by atoms with Crippen molar-refractivity contribution in [3.63, 3.8) is 0 Å². The lowest BCUT2D eigenvalue weighted by atomic mass is 9.78. The van der Waals surface area contributed by atoms with E-state index in [9.17, 15) is 27.2 Å². The fourth-order valence-corrected chi connectivity index (χ4v) is 3.85. The number of carbonyl (C=O) groups is 2. The number of cyclic esters (lactones) is 1. The third kappa shape index (κ3) is 2.68. The van der Waals surface area contributed by atoms with Gasteiger partial charge in [0.05, 0.1) is 41.5 Å². The number of alkyl halides is 3. The van der Waals surface area contributed by atoms with E-state index in [1.807, 2.05) is 0 Å². The summed E-state index contributed by atoms with van der Waals surface area (Å²) in [6.45, 7) is -1.29. The maximum absolute atomic E-state index is 14.6. The molecule has 28 heavy (non-hydrogen) atoms. The number of esters is 2. The van der Waals surface area contributed by atoms with E-state index in [-0.39, 0.29) is 40.3 Å². The second-order valence-electron chi connectivity index (χ2n) is 6.80. The highest BCUT2D eigenvalue weighted by molar-refractivity contribution is 6.01. The number of methoxy groups -OCH3 is 1. The van der Waals surface area contributed by atoms with Crippen molar-refractivity contribution in [2.45, 2.75) is 24.2 Å². The highest BCUT2D eigenvalue weighted by Crippen LogP contribution is 2.58. The predicted octanol–water partition coefficient (Wildman–Crippen LogP) is 2.84. The summed E-state index contributed by atoms with van der Waals surface area (Å²) >= 11 is 0. The maximum atomic E-state index is 14.6. The van der Waals surface area contributed by atoms with Gasteiger partial charge in [0.1, 0.15) is 19.1 Å². The number of rotatable bonds is 4. The summed E-state index contributed by atoms with van der Waals surface area (Å²) in [5.41, 5.74) is -0.543. The number of carbonyl (C=O) groups excluding carboxylic acids is 2. The maximum Gasteiger partial charge on any atom is 0.337 e. The van der Waals surface area contributed by atoms with Crippen LogP contribution in [0.4, 0.5) is 17.6 Å². The molecular weight excluding hydrogens is 382 g/mol. The van der Waals surface area contributed by atoms with Gasteiger partial charge < -0.3 is 14.8 Å². The van der Waals surface area contributed by atoms with E-state index >= 15 is 0 Å². The van der Waals surface area contributed by atoms with Crippen LogP contribution in [0.15, 0.2) is 40.7 Å². The van der Waals surface area contributed by atoms with Crippen LogP contribution in [0.3, 0.4) is 0 Å². The van der Waals surface area contributed by atoms with Crippen molar-refractivity contribution in [3.05, 3.63) is 57.7 Å². The molecule has 1 aromatic carbocycles. The van der Waals surface area contributed by atoms with Crippen LogP contribution >= 0.6 is 0 Å². The molecule has 0 bridgehead atoms. The highest BCUT2D eigenvalue weighted by Gasteiger charge is 2.60. The molecule has 2 heterocycles. The van der Waals surface area contributed by atoms with E-state index in [0.717, 1.165) is 13.2 Å². The van der Waals surface area contributed by atoms with Gasteiger partial charge in [-0.05, 0) is 11.6 Å². The molecule has 0 radical (unpaired) electrons. The number of hydrogen-bond donors (Lipinski definition) is 1. The van der Waals surface area contributed by atoms with E-state index in [1.54, 1.807) is 0 Å². The minimum absolute atomic E-state index is 0.00127. The number of benzene rings is 1. The van der Waals surface area contributed by atoms with E-state index in [4.69, 9.17) is 9.47 Å². The van der Waals surface area contributed by atoms with Crippen molar-refractivity contribution >= 4 is 11.9 Å². The van der Waals surface area contributed by atoms with Crippen molar-refractivity contribution in [3.8, 4) is 0 Å². The monoisotopic (exact) mass is 397 g/mol. The molecule has 2 atom stereocenters. The van der Waals surface area contributed by atoms with E-state index in [1.165, 1.54) is 12.1 Å². The summed E-state index contributed by atoms with van der Waals surface area (Å²) < 4.78 is 65.5. The quantitative estimate of drug-likeness (QED) is 0.625. The number of allylic oxidation sites excluding steroid dienone is 1. The topological polar surface area (TPSA) is 64.6 Å². The van der Waals surface area contributed by atoms with Crippen LogP contribution in [-0.2, 0) is 19.1 Å². The Morgan fingerprint density at radius 3 is 2.71 bits per heavy atom. The molecule has 1 fully saturated rings.